The Morgan fingerprint density at radius 2 is 1.91 bits per heavy atom. The van der Waals surface area contributed by atoms with Crippen molar-refractivity contribution >= 4 is 6.29 Å². The Kier molecular flexibility index (Phi) is 5.07. The molecule has 0 aliphatic carbocycles. The van der Waals surface area contributed by atoms with Gasteiger partial charge in [0.2, 0.25) is 0 Å². The summed E-state index contributed by atoms with van der Waals surface area (Å²) in [5.41, 5.74) is 0.555. The first-order chi connectivity index (χ1) is 11.2. The lowest BCUT2D eigenvalue weighted by Crippen LogP contribution is -2.42. The van der Waals surface area contributed by atoms with E-state index in [1.807, 2.05) is 0 Å². The van der Waals surface area contributed by atoms with Gasteiger partial charge in [0.05, 0.1) is 0 Å². The number of nitrogens with zero attached hydrogens (tertiary/aromatic N) is 1. The third kappa shape index (κ3) is 3.79. The van der Waals surface area contributed by atoms with Gasteiger partial charge in [-0.05, 0) is 43.0 Å². The van der Waals surface area contributed by atoms with Crippen LogP contribution >= 0.6 is 0 Å². The van der Waals surface area contributed by atoms with E-state index in [1.165, 1.54) is 6.08 Å². The molecule has 1 saturated heterocycles. The summed E-state index contributed by atoms with van der Waals surface area (Å²) in [5.74, 6) is 1.22. The van der Waals surface area contributed by atoms with E-state index in [9.17, 15) is 15.0 Å². The maximum atomic E-state index is 10.6. The number of benzene rings is 1. The third-order valence-electron chi connectivity index (χ3n) is 4.28. The molecule has 0 bridgehead atoms. The average Bonchev–Trinajstić information content (AvgIpc) is 2.84. The van der Waals surface area contributed by atoms with Crippen molar-refractivity contribution in [3.8, 4) is 5.75 Å². The Bertz CT molecular complexity index is 565. The van der Waals surface area contributed by atoms with Gasteiger partial charge in [-0.15, -0.1) is 0 Å². The van der Waals surface area contributed by atoms with E-state index in [1.54, 1.807) is 29.2 Å². The van der Waals surface area contributed by atoms with Gasteiger partial charge in [-0.3, -0.25) is 4.79 Å². The second kappa shape index (κ2) is 7.23. The standard InChI is InChI=1S/C17H21NO5/c19-11-13-1-3-14(4-2-13)23-15-9-16(20)18(17(15)21)10-12-5-7-22-8-6-12/h1-4,9,11-12,16-17,20-21H,5-8,10H2. The topological polar surface area (TPSA) is 79.2 Å². The van der Waals surface area contributed by atoms with Crippen molar-refractivity contribution < 1.29 is 24.5 Å². The number of ether oxygens (including phenoxy) is 2. The summed E-state index contributed by atoms with van der Waals surface area (Å²) in [6, 6.07) is 6.59. The largest absolute Gasteiger partial charge is 0.458 e. The summed E-state index contributed by atoms with van der Waals surface area (Å²) in [5, 5.41) is 20.5. The van der Waals surface area contributed by atoms with Crippen molar-refractivity contribution in [1.29, 1.82) is 0 Å². The predicted octanol–water partition coefficient (Wildman–Crippen LogP) is 1.14. The molecule has 1 aromatic rings. The minimum absolute atomic E-state index is 0.309. The molecule has 2 unspecified atom stereocenters. The molecular weight excluding hydrogens is 298 g/mol. The van der Waals surface area contributed by atoms with Crippen LogP contribution in [0.5, 0.6) is 5.75 Å². The summed E-state index contributed by atoms with van der Waals surface area (Å²) in [6.45, 7) is 2.05. The highest BCUT2D eigenvalue weighted by Crippen LogP contribution is 2.27. The van der Waals surface area contributed by atoms with Crippen molar-refractivity contribution in [1.82, 2.24) is 4.90 Å². The van der Waals surface area contributed by atoms with Crippen LogP contribution in [0.1, 0.15) is 23.2 Å². The Morgan fingerprint density at radius 3 is 2.57 bits per heavy atom. The van der Waals surface area contributed by atoms with Gasteiger partial charge in [0.15, 0.2) is 6.23 Å². The maximum absolute atomic E-state index is 10.6. The quantitative estimate of drug-likeness (QED) is 0.793. The first kappa shape index (κ1) is 16.1. The summed E-state index contributed by atoms with van der Waals surface area (Å²) < 4.78 is 11.0. The van der Waals surface area contributed by atoms with Crippen molar-refractivity contribution in [3.05, 3.63) is 41.7 Å². The third-order valence-corrected chi connectivity index (χ3v) is 4.28. The van der Waals surface area contributed by atoms with Crippen LogP contribution < -0.4 is 4.74 Å². The second-order valence-corrected chi connectivity index (χ2v) is 5.90. The second-order valence-electron chi connectivity index (χ2n) is 5.90. The van der Waals surface area contributed by atoms with Crippen molar-refractivity contribution in [2.75, 3.05) is 19.8 Å². The molecule has 124 valence electrons. The SMILES string of the molecule is O=Cc1ccc(OC2=CC(O)N(CC3CCOCC3)C2O)cc1. The van der Waals surface area contributed by atoms with E-state index >= 15 is 0 Å². The Labute approximate surface area is 134 Å². The number of carbonyl (C=O) groups is 1. The summed E-state index contributed by atoms with van der Waals surface area (Å²) >= 11 is 0. The fourth-order valence-electron chi connectivity index (χ4n) is 2.91. The fourth-order valence-corrected chi connectivity index (χ4v) is 2.91. The molecule has 2 N–H and O–H groups in total. The molecule has 0 radical (unpaired) electrons. The molecule has 2 aliphatic heterocycles. The van der Waals surface area contributed by atoms with E-state index in [-0.39, 0.29) is 0 Å². The van der Waals surface area contributed by atoms with E-state index in [2.05, 4.69) is 0 Å². The number of aldehydes is 1. The van der Waals surface area contributed by atoms with Crippen LogP contribution in [0, 0.1) is 5.92 Å². The number of carbonyl (C=O) groups excluding carboxylic acids is 1. The minimum atomic E-state index is -0.974. The van der Waals surface area contributed by atoms with E-state index in [4.69, 9.17) is 9.47 Å². The summed E-state index contributed by atoms with van der Waals surface area (Å²) in [4.78, 5) is 12.3. The minimum Gasteiger partial charge on any atom is -0.458 e. The molecule has 6 nitrogen and oxygen atoms in total. The number of hydrogen-bond donors (Lipinski definition) is 2. The van der Waals surface area contributed by atoms with Crippen LogP contribution in [-0.2, 0) is 4.74 Å². The van der Waals surface area contributed by atoms with Gasteiger partial charge < -0.3 is 19.7 Å². The van der Waals surface area contributed by atoms with Gasteiger partial charge in [-0.1, -0.05) is 0 Å². The molecular formula is C17H21NO5. The van der Waals surface area contributed by atoms with Gasteiger partial charge in [-0.2, -0.15) is 0 Å². The van der Waals surface area contributed by atoms with Crippen LogP contribution in [-0.4, -0.2) is 53.6 Å². The van der Waals surface area contributed by atoms with Crippen LogP contribution in [0.4, 0.5) is 0 Å². The molecule has 0 aromatic heterocycles. The molecule has 23 heavy (non-hydrogen) atoms. The van der Waals surface area contributed by atoms with E-state index in [0.717, 1.165) is 32.3 Å². The zero-order valence-corrected chi connectivity index (χ0v) is 12.8. The number of rotatable bonds is 5. The molecule has 0 spiro atoms. The van der Waals surface area contributed by atoms with E-state index < -0.39 is 12.5 Å². The predicted molar refractivity (Wildman–Crippen MR) is 82.8 cm³/mol. The van der Waals surface area contributed by atoms with Crippen LogP contribution in [0.2, 0.25) is 0 Å². The molecule has 1 aromatic carbocycles. The van der Waals surface area contributed by atoms with Gasteiger partial charge in [0.25, 0.3) is 0 Å². The number of aliphatic hydroxyl groups excluding tert-OH is 2. The zero-order chi connectivity index (χ0) is 16.2. The smallest absolute Gasteiger partial charge is 0.168 e. The first-order valence-corrected chi connectivity index (χ1v) is 7.82. The van der Waals surface area contributed by atoms with Crippen LogP contribution in [0.3, 0.4) is 0 Å². The molecule has 2 aliphatic rings. The average molecular weight is 319 g/mol. The van der Waals surface area contributed by atoms with Crippen LogP contribution in [0.25, 0.3) is 0 Å². The fraction of sp³-hybridized carbons (Fsp3) is 0.471. The lowest BCUT2D eigenvalue weighted by molar-refractivity contribution is -0.0691. The highest BCUT2D eigenvalue weighted by Gasteiger charge is 2.35. The maximum Gasteiger partial charge on any atom is 0.168 e. The highest BCUT2D eigenvalue weighted by atomic mass is 16.5. The summed E-state index contributed by atoms with van der Waals surface area (Å²) in [6.07, 6.45) is 2.29. The Balaban J connectivity index is 1.61. The van der Waals surface area contributed by atoms with Crippen molar-refractivity contribution in [2.45, 2.75) is 25.3 Å². The van der Waals surface area contributed by atoms with Gasteiger partial charge >= 0.3 is 0 Å². The van der Waals surface area contributed by atoms with Crippen molar-refractivity contribution in [3.63, 3.8) is 0 Å². The first-order valence-electron chi connectivity index (χ1n) is 7.82. The molecule has 1 fully saturated rings. The molecule has 0 saturated carbocycles. The monoisotopic (exact) mass is 319 g/mol. The number of aliphatic hydroxyl groups is 2. The Morgan fingerprint density at radius 1 is 1.22 bits per heavy atom. The lowest BCUT2D eigenvalue weighted by atomic mass is 10.00. The van der Waals surface area contributed by atoms with Crippen molar-refractivity contribution in [2.24, 2.45) is 5.92 Å². The van der Waals surface area contributed by atoms with Gasteiger partial charge in [0, 0.05) is 31.4 Å². The molecule has 2 atom stereocenters. The van der Waals surface area contributed by atoms with Crippen LogP contribution in [0.15, 0.2) is 36.1 Å². The lowest BCUT2D eigenvalue weighted by Gasteiger charge is -2.31. The molecule has 6 heteroatoms. The zero-order valence-electron chi connectivity index (χ0n) is 12.8. The Hall–Kier alpha value is -1.73. The number of hydrogen-bond acceptors (Lipinski definition) is 6. The molecule has 3 rings (SSSR count). The summed E-state index contributed by atoms with van der Waals surface area (Å²) in [7, 11) is 0. The molecule has 0 amide bonds. The highest BCUT2D eigenvalue weighted by molar-refractivity contribution is 5.74. The molecule has 2 heterocycles. The van der Waals surface area contributed by atoms with E-state index in [0.29, 0.717) is 29.5 Å². The van der Waals surface area contributed by atoms with Gasteiger partial charge in [0.1, 0.15) is 24.0 Å². The van der Waals surface area contributed by atoms with Gasteiger partial charge in [-0.25, -0.2) is 4.90 Å². The normalized spacial score (nSPS) is 26.1.